The van der Waals surface area contributed by atoms with Gasteiger partial charge >= 0.3 is 0 Å². The van der Waals surface area contributed by atoms with Gasteiger partial charge in [-0.3, -0.25) is 9.59 Å². The Kier molecular flexibility index (Phi) is 4.93. The van der Waals surface area contributed by atoms with Crippen molar-refractivity contribution in [2.24, 2.45) is 11.8 Å². The van der Waals surface area contributed by atoms with Gasteiger partial charge in [0.1, 0.15) is 0 Å². The maximum atomic E-state index is 11.6. The Balaban J connectivity index is 2.17. The minimum atomic E-state index is -0.179. The molecule has 5 nitrogen and oxygen atoms in total. The van der Waals surface area contributed by atoms with Gasteiger partial charge in [0.25, 0.3) is 0 Å². The van der Waals surface area contributed by atoms with Crippen LogP contribution in [0, 0.1) is 11.8 Å². The lowest BCUT2D eigenvalue weighted by Gasteiger charge is -2.23. The van der Waals surface area contributed by atoms with Crippen LogP contribution in [0.5, 0.6) is 0 Å². The molecular weight excluding hydrogens is 220 g/mol. The lowest BCUT2D eigenvalue weighted by molar-refractivity contribution is -0.132. The summed E-state index contributed by atoms with van der Waals surface area (Å²) in [5.74, 6) is 0.640. The molecule has 1 aliphatic carbocycles. The van der Waals surface area contributed by atoms with Crippen molar-refractivity contribution in [3.05, 3.63) is 0 Å². The molecule has 0 aromatic heterocycles. The number of hydrogen-bond acceptors (Lipinski definition) is 3. The third-order valence-corrected chi connectivity index (χ3v) is 3.40. The highest BCUT2D eigenvalue weighted by molar-refractivity contribution is 5.82. The van der Waals surface area contributed by atoms with Gasteiger partial charge in [-0.25, -0.2) is 0 Å². The highest BCUT2D eigenvalue weighted by Gasteiger charge is 2.38. The summed E-state index contributed by atoms with van der Waals surface area (Å²) in [7, 11) is 1.66. The zero-order valence-corrected chi connectivity index (χ0v) is 10.8. The molecule has 2 N–H and O–H groups in total. The normalized spacial score (nSPS) is 24.0. The van der Waals surface area contributed by atoms with Crippen LogP contribution in [0.2, 0.25) is 0 Å². The summed E-state index contributed by atoms with van der Waals surface area (Å²) in [4.78, 5) is 24.6. The average molecular weight is 242 g/mol. The molecule has 3 unspecified atom stereocenters. The Morgan fingerprint density at radius 3 is 2.59 bits per heavy atom. The minimum absolute atomic E-state index is 0.0474. The van der Waals surface area contributed by atoms with Gasteiger partial charge in [0, 0.05) is 25.9 Å². The molecule has 17 heavy (non-hydrogen) atoms. The molecule has 2 amide bonds. The second kappa shape index (κ2) is 6.00. The summed E-state index contributed by atoms with van der Waals surface area (Å²) >= 11 is 0. The number of nitrogens with one attached hydrogen (secondary N) is 1. The van der Waals surface area contributed by atoms with E-state index >= 15 is 0 Å². The van der Waals surface area contributed by atoms with Gasteiger partial charge in [0.2, 0.25) is 11.8 Å². The lowest BCUT2D eigenvalue weighted by atomic mass is 10.2. The molecular formula is C12H22N2O3. The second-order valence-electron chi connectivity index (χ2n) is 4.90. The van der Waals surface area contributed by atoms with Crippen LogP contribution in [0.4, 0.5) is 0 Å². The number of nitrogens with zero attached hydrogens (tertiary/aromatic N) is 1. The molecule has 0 aromatic carbocycles. The first-order valence-electron chi connectivity index (χ1n) is 6.11. The van der Waals surface area contributed by atoms with Crippen molar-refractivity contribution in [1.29, 1.82) is 0 Å². The number of aliphatic hydroxyl groups excluding tert-OH is 1. The monoisotopic (exact) mass is 242 g/mol. The first-order chi connectivity index (χ1) is 7.97. The molecule has 1 saturated carbocycles. The highest BCUT2D eigenvalue weighted by atomic mass is 16.3. The van der Waals surface area contributed by atoms with Crippen LogP contribution in [-0.2, 0) is 9.59 Å². The molecule has 3 atom stereocenters. The second-order valence-corrected chi connectivity index (χ2v) is 4.90. The molecule has 0 spiro atoms. The molecule has 0 radical (unpaired) electrons. The van der Waals surface area contributed by atoms with E-state index in [9.17, 15) is 9.59 Å². The molecule has 1 fully saturated rings. The fourth-order valence-electron chi connectivity index (χ4n) is 1.66. The smallest absolute Gasteiger partial charge is 0.224 e. The van der Waals surface area contributed by atoms with Crippen LogP contribution in [0.25, 0.3) is 0 Å². The predicted molar refractivity (Wildman–Crippen MR) is 64.2 cm³/mol. The van der Waals surface area contributed by atoms with Gasteiger partial charge in [0.05, 0.1) is 12.6 Å². The number of likely N-dealkylation sites (N-methyl/N-ethyl adjacent to an activating group) is 1. The topological polar surface area (TPSA) is 69.6 Å². The molecule has 0 saturated heterocycles. The van der Waals surface area contributed by atoms with E-state index in [2.05, 4.69) is 5.32 Å². The SMILES string of the molecule is CC1CC1C(=O)NCCC(=O)N(C)C(C)CO. The number of carbonyl (C=O) groups excluding carboxylic acids is 2. The predicted octanol–water partition coefficient (Wildman–Crippen LogP) is -0.0121. The highest BCUT2D eigenvalue weighted by Crippen LogP contribution is 2.37. The zero-order chi connectivity index (χ0) is 13.0. The Hall–Kier alpha value is -1.10. The van der Waals surface area contributed by atoms with E-state index in [1.54, 1.807) is 14.0 Å². The van der Waals surface area contributed by atoms with Crippen molar-refractivity contribution in [1.82, 2.24) is 10.2 Å². The van der Waals surface area contributed by atoms with Gasteiger partial charge < -0.3 is 15.3 Å². The number of hydrogen-bond donors (Lipinski definition) is 2. The maximum Gasteiger partial charge on any atom is 0.224 e. The first kappa shape index (κ1) is 14.0. The fraction of sp³-hybridized carbons (Fsp3) is 0.833. The Morgan fingerprint density at radius 1 is 1.53 bits per heavy atom. The van der Waals surface area contributed by atoms with Crippen molar-refractivity contribution in [2.45, 2.75) is 32.7 Å². The van der Waals surface area contributed by atoms with Crippen LogP contribution >= 0.6 is 0 Å². The maximum absolute atomic E-state index is 11.6. The molecule has 1 aliphatic rings. The molecule has 1 rings (SSSR count). The molecule has 98 valence electrons. The summed E-state index contributed by atoms with van der Waals surface area (Å²) in [6, 6.07) is -0.179. The summed E-state index contributed by atoms with van der Waals surface area (Å²) < 4.78 is 0. The minimum Gasteiger partial charge on any atom is -0.394 e. The number of aliphatic hydroxyl groups is 1. The van der Waals surface area contributed by atoms with Crippen LogP contribution in [0.3, 0.4) is 0 Å². The van der Waals surface area contributed by atoms with Crippen LogP contribution < -0.4 is 5.32 Å². The molecule has 5 heteroatoms. The van der Waals surface area contributed by atoms with Crippen molar-refractivity contribution in [3.8, 4) is 0 Å². The molecule has 0 heterocycles. The molecule has 0 aromatic rings. The van der Waals surface area contributed by atoms with Gasteiger partial charge in [-0.2, -0.15) is 0 Å². The summed E-state index contributed by atoms with van der Waals surface area (Å²) in [6.07, 6.45) is 1.24. The van der Waals surface area contributed by atoms with Gasteiger partial charge in [0.15, 0.2) is 0 Å². The van der Waals surface area contributed by atoms with Crippen LogP contribution in [-0.4, -0.2) is 48.1 Å². The standard InChI is InChI=1S/C12H22N2O3/c1-8-6-10(8)12(17)13-5-4-11(16)14(3)9(2)7-15/h8-10,15H,4-7H2,1-3H3,(H,13,17). The van der Waals surface area contributed by atoms with Crippen molar-refractivity contribution < 1.29 is 14.7 Å². The van der Waals surface area contributed by atoms with Crippen molar-refractivity contribution >= 4 is 11.8 Å². The van der Waals surface area contributed by atoms with E-state index < -0.39 is 0 Å². The van der Waals surface area contributed by atoms with E-state index in [0.717, 1.165) is 6.42 Å². The van der Waals surface area contributed by atoms with E-state index in [0.29, 0.717) is 12.5 Å². The zero-order valence-electron chi connectivity index (χ0n) is 10.8. The van der Waals surface area contributed by atoms with Gasteiger partial charge in [-0.1, -0.05) is 6.92 Å². The number of carbonyl (C=O) groups is 2. The Labute approximate surface area is 102 Å². The van der Waals surface area contributed by atoms with Gasteiger partial charge in [-0.05, 0) is 19.3 Å². The largest absolute Gasteiger partial charge is 0.394 e. The summed E-state index contributed by atoms with van der Waals surface area (Å²) in [5, 5.41) is 11.7. The van der Waals surface area contributed by atoms with Gasteiger partial charge in [-0.15, -0.1) is 0 Å². The van der Waals surface area contributed by atoms with E-state index in [-0.39, 0.29) is 36.8 Å². The quantitative estimate of drug-likeness (QED) is 0.688. The lowest BCUT2D eigenvalue weighted by Crippen LogP contribution is -2.39. The summed E-state index contributed by atoms with van der Waals surface area (Å²) in [6.45, 7) is 4.16. The average Bonchev–Trinajstić information content (AvgIpc) is 3.04. The molecule has 0 bridgehead atoms. The number of amides is 2. The first-order valence-corrected chi connectivity index (χ1v) is 6.11. The Bertz CT molecular complexity index is 293. The van der Waals surface area contributed by atoms with Crippen LogP contribution in [0.1, 0.15) is 26.7 Å². The van der Waals surface area contributed by atoms with Crippen molar-refractivity contribution in [2.75, 3.05) is 20.2 Å². The summed E-state index contributed by atoms with van der Waals surface area (Å²) in [5.41, 5.74) is 0. The molecule has 0 aliphatic heterocycles. The van der Waals surface area contributed by atoms with Crippen LogP contribution in [0.15, 0.2) is 0 Å². The van der Waals surface area contributed by atoms with E-state index in [4.69, 9.17) is 5.11 Å². The fourth-order valence-corrected chi connectivity index (χ4v) is 1.66. The van der Waals surface area contributed by atoms with E-state index in [1.807, 2.05) is 6.92 Å². The third-order valence-electron chi connectivity index (χ3n) is 3.40. The third kappa shape index (κ3) is 4.00. The van der Waals surface area contributed by atoms with E-state index in [1.165, 1.54) is 4.90 Å². The van der Waals surface area contributed by atoms with Crippen molar-refractivity contribution in [3.63, 3.8) is 0 Å². The number of rotatable bonds is 6. The Morgan fingerprint density at radius 2 is 2.12 bits per heavy atom.